The van der Waals surface area contributed by atoms with Crippen molar-refractivity contribution in [3.63, 3.8) is 0 Å². The number of hydrogen-bond donors (Lipinski definition) is 1. The van der Waals surface area contributed by atoms with Crippen LogP contribution < -0.4 is 5.32 Å². The van der Waals surface area contributed by atoms with Crippen molar-refractivity contribution in [3.05, 3.63) is 75.3 Å². The van der Waals surface area contributed by atoms with E-state index in [1.165, 1.54) is 28.7 Å². The Labute approximate surface area is 192 Å². The molecule has 10 heteroatoms. The van der Waals surface area contributed by atoms with Crippen LogP contribution in [0.15, 0.2) is 53.8 Å². The summed E-state index contributed by atoms with van der Waals surface area (Å²) < 4.78 is 1.64. The lowest BCUT2D eigenvalue weighted by atomic mass is 10.1. The van der Waals surface area contributed by atoms with Gasteiger partial charge in [-0.2, -0.15) is 4.68 Å². The Balaban J connectivity index is 1.34. The van der Waals surface area contributed by atoms with Crippen molar-refractivity contribution in [3.8, 4) is 5.69 Å². The quantitative estimate of drug-likeness (QED) is 0.393. The fourth-order valence-corrected chi connectivity index (χ4v) is 4.50. The minimum Gasteiger partial charge on any atom is -0.301 e. The fraction of sp³-hybridized carbons (Fsp3) is 0.190. The van der Waals surface area contributed by atoms with Gasteiger partial charge in [0.15, 0.2) is 5.13 Å². The molecule has 4 aromatic rings. The largest absolute Gasteiger partial charge is 0.301 e. The highest BCUT2D eigenvalue weighted by molar-refractivity contribution is 7.99. The highest BCUT2D eigenvalue weighted by Crippen LogP contribution is 2.23. The van der Waals surface area contributed by atoms with Crippen LogP contribution in [0.1, 0.15) is 21.6 Å². The Kier molecular flexibility index (Phi) is 6.64. The summed E-state index contributed by atoms with van der Waals surface area (Å²) in [6, 6.07) is 13.7. The van der Waals surface area contributed by atoms with Gasteiger partial charge in [0.1, 0.15) is 0 Å². The van der Waals surface area contributed by atoms with E-state index in [0.29, 0.717) is 15.3 Å². The first-order valence-corrected chi connectivity index (χ1v) is 11.6. The van der Waals surface area contributed by atoms with Gasteiger partial charge >= 0.3 is 0 Å². The van der Waals surface area contributed by atoms with Gasteiger partial charge in [0.25, 0.3) is 0 Å². The molecule has 2 heterocycles. The predicted molar refractivity (Wildman–Crippen MR) is 124 cm³/mol. The van der Waals surface area contributed by atoms with Crippen molar-refractivity contribution < 1.29 is 4.79 Å². The monoisotopic (exact) mass is 470 g/mol. The number of rotatable bonds is 7. The van der Waals surface area contributed by atoms with Gasteiger partial charge in [-0.25, -0.2) is 4.98 Å². The number of aryl methyl sites for hydroxylation is 2. The molecule has 158 valence electrons. The van der Waals surface area contributed by atoms with Crippen LogP contribution in [0.2, 0.25) is 5.02 Å². The number of benzene rings is 2. The molecule has 31 heavy (non-hydrogen) atoms. The molecule has 0 unspecified atom stereocenters. The van der Waals surface area contributed by atoms with Gasteiger partial charge in [-0.05, 0) is 65.2 Å². The second kappa shape index (κ2) is 9.59. The molecule has 2 aromatic carbocycles. The number of amides is 1. The number of thioether (sulfide) groups is 1. The lowest BCUT2D eigenvalue weighted by molar-refractivity contribution is -0.113. The molecule has 2 aromatic heterocycles. The van der Waals surface area contributed by atoms with Crippen LogP contribution in [0.5, 0.6) is 0 Å². The molecule has 1 N–H and O–H groups in total. The third kappa shape index (κ3) is 5.49. The number of tetrazole rings is 1. The third-order valence-electron chi connectivity index (χ3n) is 4.60. The van der Waals surface area contributed by atoms with Crippen LogP contribution >= 0.6 is 34.7 Å². The lowest BCUT2D eigenvalue weighted by Crippen LogP contribution is -2.14. The number of thiazole rings is 1. The van der Waals surface area contributed by atoms with Crippen LogP contribution in [0.3, 0.4) is 0 Å². The molecular formula is C21H19ClN6OS2. The standard InChI is InChI=1S/C21H19ClN6OS2/c1-13-3-8-17(9-14(13)2)28-21(25-26-27-28)30-12-19(29)24-20-23-11-18(31-20)10-15-4-6-16(22)7-5-15/h3-9,11H,10,12H2,1-2H3,(H,23,24,29). The van der Waals surface area contributed by atoms with Crippen molar-refractivity contribution in [2.24, 2.45) is 0 Å². The fourth-order valence-electron chi connectivity index (χ4n) is 2.82. The molecule has 0 spiro atoms. The Hall–Kier alpha value is -2.75. The minimum atomic E-state index is -0.160. The summed E-state index contributed by atoms with van der Waals surface area (Å²) in [5.74, 6) is 0.0177. The van der Waals surface area contributed by atoms with E-state index in [-0.39, 0.29) is 11.7 Å². The molecule has 0 aliphatic carbocycles. The number of anilines is 1. The molecule has 1 amide bonds. The number of halogens is 1. The van der Waals surface area contributed by atoms with Crippen molar-refractivity contribution >= 4 is 45.7 Å². The molecule has 0 bridgehead atoms. The van der Waals surface area contributed by atoms with E-state index in [2.05, 4.69) is 32.7 Å². The number of aromatic nitrogens is 5. The SMILES string of the molecule is Cc1ccc(-n2nnnc2SCC(=O)Nc2ncc(Cc3ccc(Cl)cc3)s2)cc1C. The summed E-state index contributed by atoms with van der Waals surface area (Å²) >= 11 is 8.66. The van der Waals surface area contributed by atoms with Crippen molar-refractivity contribution in [1.29, 1.82) is 0 Å². The van der Waals surface area contributed by atoms with E-state index < -0.39 is 0 Å². The topological polar surface area (TPSA) is 85.6 Å². The van der Waals surface area contributed by atoms with Gasteiger partial charge in [-0.1, -0.05) is 41.6 Å². The summed E-state index contributed by atoms with van der Waals surface area (Å²) in [5.41, 5.74) is 4.35. The van der Waals surface area contributed by atoms with Gasteiger partial charge < -0.3 is 5.32 Å². The van der Waals surface area contributed by atoms with Gasteiger partial charge in [0.2, 0.25) is 11.1 Å². The summed E-state index contributed by atoms with van der Waals surface area (Å²) in [4.78, 5) is 17.8. The maximum Gasteiger partial charge on any atom is 0.236 e. The smallest absolute Gasteiger partial charge is 0.236 e. The zero-order valence-corrected chi connectivity index (χ0v) is 19.3. The first-order valence-electron chi connectivity index (χ1n) is 9.46. The first kappa shape index (κ1) is 21.5. The average Bonchev–Trinajstić information content (AvgIpc) is 3.39. The lowest BCUT2D eigenvalue weighted by Gasteiger charge is -2.07. The maximum absolute atomic E-state index is 12.4. The van der Waals surface area contributed by atoms with Crippen molar-refractivity contribution in [2.75, 3.05) is 11.1 Å². The molecule has 0 atom stereocenters. The Morgan fingerprint density at radius 2 is 1.97 bits per heavy atom. The molecule has 7 nitrogen and oxygen atoms in total. The molecule has 0 radical (unpaired) electrons. The molecule has 4 rings (SSSR count). The zero-order chi connectivity index (χ0) is 21.8. The van der Waals surface area contributed by atoms with Crippen LogP contribution in [-0.4, -0.2) is 36.9 Å². The zero-order valence-electron chi connectivity index (χ0n) is 16.9. The Morgan fingerprint density at radius 3 is 2.74 bits per heavy atom. The van der Waals surface area contributed by atoms with Gasteiger partial charge in [0, 0.05) is 22.5 Å². The Morgan fingerprint density at radius 1 is 1.16 bits per heavy atom. The molecular weight excluding hydrogens is 452 g/mol. The number of carbonyl (C=O) groups is 1. The van der Waals surface area contributed by atoms with Crippen LogP contribution in [0, 0.1) is 13.8 Å². The number of carbonyl (C=O) groups excluding carboxylic acids is 1. The van der Waals surface area contributed by atoms with Crippen LogP contribution in [0.4, 0.5) is 5.13 Å². The van der Waals surface area contributed by atoms with Crippen LogP contribution in [-0.2, 0) is 11.2 Å². The average molecular weight is 471 g/mol. The van der Waals surface area contributed by atoms with Crippen molar-refractivity contribution in [2.45, 2.75) is 25.4 Å². The van der Waals surface area contributed by atoms with Crippen molar-refractivity contribution in [1.82, 2.24) is 25.2 Å². The second-order valence-electron chi connectivity index (χ2n) is 6.91. The van der Waals surface area contributed by atoms with Gasteiger partial charge in [0.05, 0.1) is 11.4 Å². The Bertz CT molecular complexity index is 1200. The highest BCUT2D eigenvalue weighted by Gasteiger charge is 2.13. The summed E-state index contributed by atoms with van der Waals surface area (Å²) in [6.45, 7) is 4.09. The number of hydrogen-bond acceptors (Lipinski definition) is 7. The molecule has 0 saturated heterocycles. The summed E-state index contributed by atoms with van der Waals surface area (Å²) in [7, 11) is 0. The molecule has 0 aliphatic rings. The van der Waals surface area contributed by atoms with Gasteiger partial charge in [-0.15, -0.1) is 16.4 Å². The first-order chi connectivity index (χ1) is 15.0. The van der Waals surface area contributed by atoms with E-state index >= 15 is 0 Å². The molecule has 0 saturated carbocycles. The van der Waals surface area contributed by atoms with E-state index in [9.17, 15) is 4.79 Å². The van der Waals surface area contributed by atoms with E-state index in [1.807, 2.05) is 49.4 Å². The third-order valence-corrected chi connectivity index (χ3v) is 6.68. The highest BCUT2D eigenvalue weighted by atomic mass is 35.5. The van der Waals surface area contributed by atoms with Gasteiger partial charge in [-0.3, -0.25) is 4.79 Å². The number of nitrogens with zero attached hydrogens (tertiary/aromatic N) is 5. The second-order valence-corrected chi connectivity index (χ2v) is 9.41. The van der Waals surface area contributed by atoms with E-state index in [1.54, 1.807) is 10.9 Å². The normalized spacial score (nSPS) is 10.9. The number of nitrogens with one attached hydrogen (secondary N) is 1. The van der Waals surface area contributed by atoms with Crippen LogP contribution in [0.25, 0.3) is 5.69 Å². The molecule has 0 aliphatic heterocycles. The predicted octanol–water partition coefficient (Wildman–Crippen LogP) is 4.71. The molecule has 0 fully saturated rings. The minimum absolute atomic E-state index is 0.160. The summed E-state index contributed by atoms with van der Waals surface area (Å²) in [6.07, 6.45) is 2.52. The maximum atomic E-state index is 12.4. The van der Waals surface area contributed by atoms with E-state index in [4.69, 9.17) is 11.6 Å². The van der Waals surface area contributed by atoms with E-state index in [0.717, 1.165) is 28.1 Å². The summed E-state index contributed by atoms with van der Waals surface area (Å²) in [5, 5.41) is 16.5.